The van der Waals surface area contributed by atoms with Crippen LogP contribution in [0.15, 0.2) is 227 Å². The Labute approximate surface area is 627 Å². The SMILES string of the molecule is CC(=Nc1c(C(C)C)cccc1C(C)C)c1cccc(-c2cccc3ccccc23)n1.CC(C)c1cccc(C(C)C)c1N=Cc1cccc(-c2cccc3ccccc23)n1.Cc1cccc(C)c1-c1cccc(C=Nc2c(C(C)C)cccc2C(C)C)n1.[Cl][Co][Cl].[Cl][Co][Cl].[Cl][Co][Cl]. The minimum absolute atomic E-state index is 0.382. The second kappa shape index (κ2) is 41.7. The van der Waals surface area contributed by atoms with Gasteiger partial charge in [0.05, 0.1) is 69.4 Å². The maximum absolute atomic E-state index is 5.12. The van der Waals surface area contributed by atoms with Crippen molar-refractivity contribution in [1.82, 2.24) is 15.0 Å². The molecule has 98 heavy (non-hydrogen) atoms. The van der Waals surface area contributed by atoms with Gasteiger partial charge in [-0.2, -0.15) is 0 Å². The third-order valence-corrected chi connectivity index (χ3v) is 16.5. The van der Waals surface area contributed by atoms with E-state index in [2.05, 4.69) is 304 Å². The zero-order chi connectivity index (χ0) is 71.4. The van der Waals surface area contributed by atoms with Gasteiger partial charge >= 0.3 is 99.6 Å². The zero-order valence-corrected chi connectivity index (χ0v) is 65.9. The van der Waals surface area contributed by atoms with Crippen molar-refractivity contribution in [1.29, 1.82) is 0 Å². The number of hydrogen-bond donors (Lipinski definition) is 0. The van der Waals surface area contributed by atoms with Gasteiger partial charge in [-0.1, -0.05) is 259 Å². The number of aliphatic imine (C=N–C) groups is 3. The molecule has 11 aromatic rings. The molecule has 6 nitrogen and oxygen atoms in total. The predicted octanol–water partition coefficient (Wildman–Crippen LogP) is 27.7. The molecule has 0 amide bonds. The van der Waals surface area contributed by atoms with Gasteiger partial charge in [0.1, 0.15) is 0 Å². The van der Waals surface area contributed by atoms with Crippen molar-refractivity contribution in [2.45, 2.75) is 139 Å². The second-order valence-corrected chi connectivity index (χ2v) is 30.4. The predicted molar refractivity (Wildman–Crippen MR) is 419 cm³/mol. The Hall–Kier alpha value is -6.00. The number of aromatic nitrogens is 3. The Morgan fingerprint density at radius 1 is 0.337 bits per heavy atom. The Kier molecular flexibility index (Phi) is 34.4. The van der Waals surface area contributed by atoms with Crippen molar-refractivity contribution in [3.63, 3.8) is 0 Å². The molecule has 0 saturated heterocycles. The summed E-state index contributed by atoms with van der Waals surface area (Å²) in [5.41, 5.74) is 23.5. The van der Waals surface area contributed by atoms with E-state index in [0.29, 0.717) is 74.2 Å². The molecule has 0 radical (unpaired) electrons. The van der Waals surface area contributed by atoms with Crippen molar-refractivity contribution in [3.8, 4) is 33.8 Å². The van der Waals surface area contributed by atoms with Gasteiger partial charge in [-0.25, -0.2) is 15.0 Å². The molecule has 0 fully saturated rings. The Morgan fingerprint density at radius 3 is 1.02 bits per heavy atom. The summed E-state index contributed by atoms with van der Waals surface area (Å²) < 4.78 is 0. The average molecular weight is 1560 g/mol. The van der Waals surface area contributed by atoms with Gasteiger partial charge in [-0.3, -0.25) is 15.0 Å². The third kappa shape index (κ3) is 23.0. The summed E-state index contributed by atoms with van der Waals surface area (Å²) in [6.45, 7) is 33.0. The first-order valence-electron chi connectivity index (χ1n) is 32.6. The third-order valence-electron chi connectivity index (χ3n) is 16.5. The van der Waals surface area contributed by atoms with Gasteiger partial charge in [0.2, 0.25) is 0 Å². The summed E-state index contributed by atoms with van der Waals surface area (Å²) in [5.74, 6) is 2.54. The van der Waals surface area contributed by atoms with E-state index in [1.165, 1.54) is 71.6 Å². The topological polar surface area (TPSA) is 75.8 Å². The molecule has 3 aromatic heterocycles. The van der Waals surface area contributed by atoms with Gasteiger partial charge in [0.15, 0.2) is 0 Å². The first-order chi connectivity index (χ1) is 47.1. The number of nitrogens with zero attached hydrogens (tertiary/aromatic N) is 6. The fraction of sp³-hybridized carbons (Fsp3) is 0.253. The number of rotatable bonds is 15. The molecule has 3 heterocycles. The van der Waals surface area contributed by atoms with Crippen LogP contribution in [-0.4, -0.2) is 33.1 Å². The van der Waals surface area contributed by atoms with Crippen LogP contribution in [0.5, 0.6) is 0 Å². The first-order valence-corrected chi connectivity index (χ1v) is 41.2. The molecular formula is C83H88Cl6Co3N6. The molecule has 519 valence electrons. The maximum atomic E-state index is 5.12. The summed E-state index contributed by atoms with van der Waals surface area (Å²) in [6.07, 6.45) is 3.81. The van der Waals surface area contributed by atoms with Gasteiger partial charge in [0, 0.05) is 16.7 Å². The zero-order valence-electron chi connectivity index (χ0n) is 58.3. The van der Waals surface area contributed by atoms with E-state index in [-0.39, 0.29) is 0 Å². The van der Waals surface area contributed by atoms with Crippen molar-refractivity contribution >= 4 is 118 Å². The van der Waals surface area contributed by atoms with Gasteiger partial charge < -0.3 is 0 Å². The summed E-state index contributed by atoms with van der Waals surface area (Å²) >= 11 is 1.15. The Bertz CT molecular complexity index is 4320. The Balaban J connectivity index is 0.000000218. The summed E-state index contributed by atoms with van der Waals surface area (Å²) in [6, 6.07) is 74.1. The number of pyridine rings is 3. The molecule has 15 heteroatoms. The molecule has 0 bridgehead atoms. The second-order valence-electron chi connectivity index (χ2n) is 25.3. The fourth-order valence-electron chi connectivity index (χ4n) is 11.7. The number of hydrogen-bond acceptors (Lipinski definition) is 6. The normalized spacial score (nSPS) is 11.5. The standard InChI is InChI=1S/C29H30N2.C28H28N2.C26H30N2.6ClH.3Co/c1-19(2)23-14-9-15-24(20(3)4)29(23)30-21(5)27-17-10-18-28(31-27)26-16-8-12-22-11-6-7-13-25(22)26;1-19(2)23-14-9-15-24(20(3)4)28(23)29-18-22-12-8-17-27(30-22)26-16-7-11-21-10-5-6-13-25(21)26;1-17(2)22-13-9-14-23(18(3)4)26(22)27-16-21-12-8-15-24(28-21)25-19(5)10-7-11-20(25)6;;;;;;;;;/h6-20H,1-5H3;5-20H,1-4H3;7-18H,1-6H3;6*1H;;;/q;;;;;;;;;3*+2/p-6. The van der Waals surface area contributed by atoms with E-state index in [9.17, 15) is 0 Å². The quantitative estimate of drug-likeness (QED) is 0.0960. The molecule has 11 rings (SSSR count). The summed E-state index contributed by atoms with van der Waals surface area (Å²) in [5, 5.41) is 4.89. The van der Waals surface area contributed by atoms with E-state index in [0.717, 1.165) is 68.1 Å². The van der Waals surface area contributed by atoms with Crippen LogP contribution in [0.2, 0.25) is 0 Å². The van der Waals surface area contributed by atoms with Gasteiger partial charge in [-0.05, 0) is 159 Å². The van der Waals surface area contributed by atoms with Crippen LogP contribution in [0, 0.1) is 13.8 Å². The van der Waals surface area contributed by atoms with Crippen LogP contribution in [0.3, 0.4) is 0 Å². The average Bonchev–Trinajstić information content (AvgIpc) is 0.826. The molecule has 8 aromatic carbocycles. The first kappa shape index (κ1) is 81.0. The van der Waals surface area contributed by atoms with Crippen molar-refractivity contribution in [3.05, 3.63) is 274 Å². The van der Waals surface area contributed by atoms with Crippen molar-refractivity contribution in [2.24, 2.45) is 15.0 Å². The molecule has 0 aliphatic carbocycles. The van der Waals surface area contributed by atoms with Crippen LogP contribution in [0.25, 0.3) is 55.3 Å². The van der Waals surface area contributed by atoms with Crippen LogP contribution in [0.4, 0.5) is 17.1 Å². The molecule has 0 spiro atoms. The summed E-state index contributed by atoms with van der Waals surface area (Å²) in [4.78, 5) is 29.8. The number of aryl methyl sites for hydroxylation is 2. The monoisotopic (exact) mass is 1560 g/mol. The van der Waals surface area contributed by atoms with Crippen molar-refractivity contribution < 1.29 is 38.7 Å². The van der Waals surface area contributed by atoms with E-state index in [1.807, 2.05) is 24.6 Å². The van der Waals surface area contributed by atoms with Crippen molar-refractivity contribution in [2.75, 3.05) is 0 Å². The van der Waals surface area contributed by atoms with E-state index in [4.69, 9.17) is 90.8 Å². The number of fused-ring (bicyclic) bond motifs is 2. The van der Waals surface area contributed by atoms with Crippen LogP contribution in [0.1, 0.15) is 187 Å². The summed E-state index contributed by atoms with van der Waals surface area (Å²) in [7, 11) is 28.4. The molecular weight excluding hydrogens is 1470 g/mol. The molecule has 0 N–H and O–H groups in total. The van der Waals surface area contributed by atoms with Gasteiger partial charge in [0.25, 0.3) is 0 Å². The van der Waals surface area contributed by atoms with Crippen LogP contribution < -0.4 is 0 Å². The van der Waals surface area contributed by atoms with E-state index >= 15 is 0 Å². The molecule has 0 aliphatic rings. The van der Waals surface area contributed by atoms with E-state index < -0.39 is 0 Å². The molecule has 0 saturated carbocycles. The Morgan fingerprint density at radius 2 is 0.633 bits per heavy atom. The number of para-hydroxylation sites is 3. The fourth-order valence-corrected chi connectivity index (χ4v) is 11.7. The number of halogens is 6. The number of benzene rings is 8. The van der Waals surface area contributed by atoms with Gasteiger partial charge in [-0.15, -0.1) is 0 Å². The van der Waals surface area contributed by atoms with E-state index in [1.54, 1.807) is 0 Å². The van der Waals surface area contributed by atoms with Crippen LogP contribution in [-0.2, 0) is 38.7 Å². The molecule has 0 atom stereocenters. The van der Waals surface area contributed by atoms with Crippen LogP contribution >= 0.6 is 60.9 Å². The minimum atomic E-state index is 0.382. The molecule has 0 aliphatic heterocycles. The molecule has 0 unspecified atom stereocenters.